The molecule has 2 aromatic rings. The van der Waals surface area contributed by atoms with Crippen LogP contribution in [0.4, 0.5) is 0 Å². The van der Waals surface area contributed by atoms with Crippen molar-refractivity contribution in [1.82, 2.24) is 9.80 Å². The van der Waals surface area contributed by atoms with E-state index < -0.39 is 5.91 Å². The van der Waals surface area contributed by atoms with E-state index in [1.54, 1.807) is 30.3 Å². The molecule has 1 fully saturated rings. The minimum Gasteiger partial charge on any atom is -0.467 e. The standard InChI is InChI=1S/C21H20Cl2N2O4/c1-12-9-24(10-13(2)29-12)19-18(16-6-5-14(22)8-17(16)23)20(26)25(21(19)27)11-15-4-3-7-28-15/h3-8,12-13H,9-11H2,1-2H3. The van der Waals surface area contributed by atoms with Crippen LogP contribution in [-0.4, -0.2) is 46.9 Å². The number of benzene rings is 1. The number of rotatable bonds is 4. The molecule has 2 atom stereocenters. The maximum absolute atomic E-state index is 13.4. The Kier molecular flexibility index (Phi) is 5.42. The summed E-state index contributed by atoms with van der Waals surface area (Å²) in [5.41, 5.74) is 1.11. The number of carbonyl (C=O) groups excluding carboxylic acids is 2. The molecule has 2 aliphatic rings. The van der Waals surface area contributed by atoms with Crippen molar-refractivity contribution in [1.29, 1.82) is 0 Å². The highest BCUT2D eigenvalue weighted by atomic mass is 35.5. The number of nitrogens with zero attached hydrogens (tertiary/aromatic N) is 2. The van der Waals surface area contributed by atoms with Gasteiger partial charge in [0.05, 0.1) is 35.6 Å². The van der Waals surface area contributed by atoms with Gasteiger partial charge in [-0.25, -0.2) is 0 Å². The highest BCUT2D eigenvalue weighted by Crippen LogP contribution is 2.37. The highest BCUT2D eigenvalue weighted by molar-refractivity contribution is 6.41. The fraction of sp³-hybridized carbons (Fsp3) is 0.333. The predicted octanol–water partition coefficient (Wildman–Crippen LogP) is 3.98. The molecule has 2 unspecified atom stereocenters. The summed E-state index contributed by atoms with van der Waals surface area (Å²) < 4.78 is 11.1. The third-order valence-corrected chi connectivity index (χ3v) is 5.52. The molecule has 152 valence electrons. The van der Waals surface area contributed by atoms with Gasteiger partial charge < -0.3 is 14.1 Å². The number of halogens is 2. The molecule has 3 heterocycles. The SMILES string of the molecule is CC1CN(C2=C(c3ccc(Cl)cc3Cl)C(=O)N(Cc3ccco3)C2=O)CC(C)O1. The summed E-state index contributed by atoms with van der Waals surface area (Å²) in [4.78, 5) is 29.8. The lowest BCUT2D eigenvalue weighted by Crippen LogP contribution is -2.46. The van der Waals surface area contributed by atoms with Gasteiger partial charge in [-0.05, 0) is 38.1 Å². The first-order valence-electron chi connectivity index (χ1n) is 9.34. The second-order valence-electron chi connectivity index (χ2n) is 7.29. The van der Waals surface area contributed by atoms with Crippen molar-refractivity contribution in [3.8, 4) is 0 Å². The fourth-order valence-electron chi connectivity index (χ4n) is 3.85. The Morgan fingerprint density at radius 3 is 2.41 bits per heavy atom. The van der Waals surface area contributed by atoms with E-state index in [2.05, 4.69) is 0 Å². The minimum atomic E-state index is -0.405. The fourth-order valence-corrected chi connectivity index (χ4v) is 4.36. The lowest BCUT2D eigenvalue weighted by molar-refractivity contribution is -0.139. The van der Waals surface area contributed by atoms with Crippen LogP contribution in [0.2, 0.25) is 10.0 Å². The van der Waals surface area contributed by atoms with E-state index in [4.69, 9.17) is 32.4 Å². The molecule has 1 saturated heterocycles. The molecule has 0 saturated carbocycles. The summed E-state index contributed by atoms with van der Waals surface area (Å²) in [6, 6.07) is 8.35. The molecule has 0 radical (unpaired) electrons. The second kappa shape index (κ2) is 7.86. The van der Waals surface area contributed by atoms with Gasteiger partial charge >= 0.3 is 0 Å². The number of imide groups is 1. The third kappa shape index (κ3) is 3.80. The molecule has 0 bridgehead atoms. The molecule has 29 heavy (non-hydrogen) atoms. The highest BCUT2D eigenvalue weighted by Gasteiger charge is 2.43. The molecule has 0 aliphatic carbocycles. The average Bonchev–Trinajstić information content (AvgIpc) is 3.23. The van der Waals surface area contributed by atoms with Gasteiger partial charge in [0, 0.05) is 23.7 Å². The Hall–Kier alpha value is -2.28. The van der Waals surface area contributed by atoms with Gasteiger partial charge in [0.2, 0.25) is 0 Å². The van der Waals surface area contributed by atoms with E-state index in [9.17, 15) is 9.59 Å². The average molecular weight is 435 g/mol. The Morgan fingerprint density at radius 1 is 1.07 bits per heavy atom. The number of ether oxygens (including phenoxy) is 1. The summed E-state index contributed by atoms with van der Waals surface area (Å²) >= 11 is 12.4. The van der Waals surface area contributed by atoms with Gasteiger partial charge in [-0.1, -0.05) is 29.3 Å². The largest absolute Gasteiger partial charge is 0.467 e. The first-order chi connectivity index (χ1) is 13.8. The molecule has 0 N–H and O–H groups in total. The topological polar surface area (TPSA) is 63.0 Å². The maximum atomic E-state index is 13.4. The smallest absolute Gasteiger partial charge is 0.278 e. The first-order valence-corrected chi connectivity index (χ1v) is 10.1. The molecular formula is C21H20Cl2N2O4. The molecule has 8 heteroatoms. The second-order valence-corrected chi connectivity index (χ2v) is 8.13. The van der Waals surface area contributed by atoms with Crippen LogP contribution in [0.15, 0.2) is 46.7 Å². The number of carbonyl (C=O) groups is 2. The zero-order chi connectivity index (χ0) is 20.7. The number of amides is 2. The van der Waals surface area contributed by atoms with Crippen LogP contribution in [0.25, 0.3) is 5.57 Å². The minimum absolute atomic E-state index is 0.0539. The Labute approximate surface area is 178 Å². The zero-order valence-electron chi connectivity index (χ0n) is 16.0. The lowest BCUT2D eigenvalue weighted by Gasteiger charge is -2.37. The number of hydrogen-bond acceptors (Lipinski definition) is 5. The third-order valence-electron chi connectivity index (χ3n) is 4.97. The van der Waals surface area contributed by atoms with Crippen molar-refractivity contribution in [3.05, 3.63) is 63.7 Å². The van der Waals surface area contributed by atoms with Gasteiger partial charge in [0.25, 0.3) is 11.8 Å². The zero-order valence-corrected chi connectivity index (χ0v) is 17.5. The number of hydrogen-bond donors (Lipinski definition) is 0. The summed E-state index contributed by atoms with van der Waals surface area (Å²) in [5.74, 6) is -0.246. The molecule has 2 aliphatic heterocycles. The molecule has 1 aromatic heterocycles. The molecule has 0 spiro atoms. The van der Waals surface area contributed by atoms with Gasteiger partial charge in [-0.15, -0.1) is 0 Å². The van der Waals surface area contributed by atoms with Crippen molar-refractivity contribution in [2.24, 2.45) is 0 Å². The lowest BCUT2D eigenvalue weighted by atomic mass is 10.0. The summed E-state index contributed by atoms with van der Waals surface area (Å²) in [6.45, 7) is 4.95. The van der Waals surface area contributed by atoms with Crippen molar-refractivity contribution >= 4 is 40.6 Å². The van der Waals surface area contributed by atoms with Crippen molar-refractivity contribution in [3.63, 3.8) is 0 Å². The van der Waals surface area contributed by atoms with Crippen LogP contribution in [0.1, 0.15) is 25.2 Å². The van der Waals surface area contributed by atoms with Crippen LogP contribution >= 0.6 is 23.2 Å². The molecule has 4 rings (SSSR count). The van der Waals surface area contributed by atoms with Crippen LogP contribution in [-0.2, 0) is 20.9 Å². The number of furan rings is 1. The molecular weight excluding hydrogens is 415 g/mol. The quantitative estimate of drug-likeness (QED) is 0.680. The predicted molar refractivity (Wildman–Crippen MR) is 109 cm³/mol. The monoisotopic (exact) mass is 434 g/mol. The van der Waals surface area contributed by atoms with E-state index in [0.29, 0.717) is 40.2 Å². The molecule has 6 nitrogen and oxygen atoms in total. The summed E-state index contributed by atoms with van der Waals surface area (Å²) in [6.07, 6.45) is 1.36. The Balaban J connectivity index is 1.80. The van der Waals surface area contributed by atoms with E-state index in [1.165, 1.54) is 11.2 Å². The van der Waals surface area contributed by atoms with Crippen LogP contribution in [0, 0.1) is 0 Å². The Bertz CT molecular complexity index is 977. The van der Waals surface area contributed by atoms with Crippen molar-refractivity contribution in [2.75, 3.05) is 13.1 Å². The number of morpholine rings is 1. The van der Waals surface area contributed by atoms with E-state index in [-0.39, 0.29) is 30.2 Å². The van der Waals surface area contributed by atoms with E-state index >= 15 is 0 Å². The van der Waals surface area contributed by atoms with Gasteiger partial charge in [0.15, 0.2) is 0 Å². The Morgan fingerprint density at radius 2 is 1.79 bits per heavy atom. The van der Waals surface area contributed by atoms with Crippen molar-refractivity contribution in [2.45, 2.75) is 32.6 Å². The molecule has 1 aromatic carbocycles. The molecule has 2 amide bonds. The van der Waals surface area contributed by atoms with E-state index in [0.717, 1.165) is 0 Å². The summed E-state index contributed by atoms with van der Waals surface area (Å²) in [7, 11) is 0. The van der Waals surface area contributed by atoms with Crippen molar-refractivity contribution < 1.29 is 18.7 Å². The van der Waals surface area contributed by atoms with Gasteiger partial charge in [-0.2, -0.15) is 0 Å². The first kappa shape index (κ1) is 20.0. The van der Waals surface area contributed by atoms with Gasteiger partial charge in [-0.3, -0.25) is 14.5 Å². The maximum Gasteiger partial charge on any atom is 0.278 e. The van der Waals surface area contributed by atoms with E-state index in [1.807, 2.05) is 18.7 Å². The van der Waals surface area contributed by atoms with Crippen LogP contribution < -0.4 is 0 Å². The van der Waals surface area contributed by atoms with Crippen LogP contribution in [0.5, 0.6) is 0 Å². The van der Waals surface area contributed by atoms with Crippen LogP contribution in [0.3, 0.4) is 0 Å². The summed E-state index contributed by atoms with van der Waals surface area (Å²) in [5, 5.41) is 0.777. The normalized spacial score (nSPS) is 22.8. The van der Waals surface area contributed by atoms with Gasteiger partial charge in [0.1, 0.15) is 11.5 Å².